The molecule has 1 unspecified atom stereocenters. The van der Waals surface area contributed by atoms with Gasteiger partial charge in [-0.05, 0) is 36.6 Å². The smallest absolute Gasteiger partial charge is 0.368 e. The SMILES string of the molecule is NC(=O)C(NC=O)c1ccccc1.O=C(c1ccc(C(F)(F)F)c(Cl)c1)N1CCN(C2CCCCC2)CC1. The quantitative estimate of drug-likeness (QED) is 0.519. The summed E-state index contributed by atoms with van der Waals surface area (Å²) in [4.78, 5) is 37.8. The average Bonchev–Trinajstić information content (AvgIpc) is 2.92. The monoisotopic (exact) mass is 552 g/mol. The lowest BCUT2D eigenvalue weighted by atomic mass is 9.94. The number of piperazine rings is 1. The zero-order chi connectivity index (χ0) is 27.7. The summed E-state index contributed by atoms with van der Waals surface area (Å²) in [7, 11) is 0. The summed E-state index contributed by atoms with van der Waals surface area (Å²) in [5.41, 5.74) is 5.08. The number of primary amides is 1. The highest BCUT2D eigenvalue weighted by Gasteiger charge is 2.34. The largest absolute Gasteiger partial charge is 0.417 e. The fourth-order valence-corrected chi connectivity index (χ4v) is 5.14. The molecule has 0 radical (unpaired) electrons. The Balaban J connectivity index is 0.000000260. The lowest BCUT2D eigenvalue weighted by Gasteiger charge is -2.40. The Kier molecular flexibility index (Phi) is 10.6. The van der Waals surface area contributed by atoms with E-state index >= 15 is 0 Å². The number of carbonyl (C=O) groups is 3. The number of nitrogens with one attached hydrogen (secondary N) is 1. The Bertz CT molecular complexity index is 1090. The number of rotatable bonds is 6. The summed E-state index contributed by atoms with van der Waals surface area (Å²) in [6.45, 7) is 2.86. The van der Waals surface area contributed by atoms with Gasteiger partial charge in [0.25, 0.3) is 5.91 Å². The molecular weight excluding hydrogens is 521 g/mol. The van der Waals surface area contributed by atoms with E-state index in [4.69, 9.17) is 17.3 Å². The van der Waals surface area contributed by atoms with Crippen molar-refractivity contribution in [3.05, 3.63) is 70.2 Å². The van der Waals surface area contributed by atoms with E-state index in [0.717, 1.165) is 25.2 Å². The number of hydrogen-bond donors (Lipinski definition) is 2. The summed E-state index contributed by atoms with van der Waals surface area (Å²) in [5, 5.41) is 1.91. The zero-order valence-electron chi connectivity index (χ0n) is 20.9. The van der Waals surface area contributed by atoms with E-state index in [0.29, 0.717) is 31.1 Å². The van der Waals surface area contributed by atoms with Crippen molar-refractivity contribution in [1.29, 1.82) is 0 Å². The van der Waals surface area contributed by atoms with Gasteiger partial charge in [0.15, 0.2) is 0 Å². The topological polar surface area (TPSA) is 95.7 Å². The number of amides is 3. The van der Waals surface area contributed by atoms with E-state index in [-0.39, 0.29) is 11.5 Å². The van der Waals surface area contributed by atoms with Crippen LogP contribution in [0.5, 0.6) is 0 Å². The van der Waals surface area contributed by atoms with Crippen LogP contribution in [0.1, 0.15) is 59.6 Å². The van der Waals surface area contributed by atoms with Crippen LogP contribution < -0.4 is 11.1 Å². The van der Waals surface area contributed by atoms with E-state index in [9.17, 15) is 27.6 Å². The Labute approximate surface area is 225 Å². The highest BCUT2D eigenvalue weighted by Crippen LogP contribution is 2.35. The maximum Gasteiger partial charge on any atom is 0.417 e. The second-order valence-electron chi connectivity index (χ2n) is 9.34. The number of alkyl halides is 3. The van der Waals surface area contributed by atoms with Gasteiger partial charge in [-0.1, -0.05) is 61.2 Å². The van der Waals surface area contributed by atoms with Gasteiger partial charge in [-0.3, -0.25) is 19.3 Å². The van der Waals surface area contributed by atoms with Crippen LogP contribution in [0.15, 0.2) is 48.5 Å². The van der Waals surface area contributed by atoms with Gasteiger partial charge in [0, 0.05) is 37.8 Å². The van der Waals surface area contributed by atoms with Crippen LogP contribution in [-0.2, 0) is 15.8 Å². The predicted molar refractivity (Wildman–Crippen MR) is 138 cm³/mol. The molecule has 1 atom stereocenters. The molecule has 2 aromatic carbocycles. The van der Waals surface area contributed by atoms with Crippen LogP contribution >= 0.6 is 11.6 Å². The Hall–Kier alpha value is -3.11. The average molecular weight is 553 g/mol. The summed E-state index contributed by atoms with van der Waals surface area (Å²) in [5.74, 6) is -0.822. The number of carbonyl (C=O) groups excluding carboxylic acids is 3. The number of hydrogen-bond acceptors (Lipinski definition) is 4. The van der Waals surface area contributed by atoms with E-state index in [1.807, 2.05) is 6.07 Å². The summed E-state index contributed by atoms with van der Waals surface area (Å²) in [6, 6.07) is 11.9. The number of benzene rings is 2. The minimum Gasteiger partial charge on any atom is -0.368 e. The van der Waals surface area contributed by atoms with E-state index < -0.39 is 28.7 Å². The van der Waals surface area contributed by atoms with Crippen LogP contribution in [0.25, 0.3) is 0 Å². The van der Waals surface area contributed by atoms with Crippen molar-refractivity contribution in [2.24, 2.45) is 5.73 Å². The molecule has 2 fully saturated rings. The first-order valence-electron chi connectivity index (χ1n) is 12.6. The minimum absolute atomic E-state index is 0.212. The third-order valence-electron chi connectivity index (χ3n) is 6.87. The molecule has 0 aromatic heterocycles. The summed E-state index contributed by atoms with van der Waals surface area (Å²) < 4.78 is 38.3. The zero-order valence-corrected chi connectivity index (χ0v) is 21.7. The molecular formula is C27H32ClF3N4O3. The van der Waals surface area contributed by atoms with Gasteiger partial charge in [-0.25, -0.2) is 0 Å². The van der Waals surface area contributed by atoms with Gasteiger partial charge in [0.1, 0.15) is 6.04 Å². The van der Waals surface area contributed by atoms with Gasteiger partial charge in [-0.15, -0.1) is 0 Å². The molecule has 11 heteroatoms. The molecule has 3 N–H and O–H groups in total. The van der Waals surface area contributed by atoms with Crippen LogP contribution in [-0.4, -0.2) is 60.2 Å². The van der Waals surface area contributed by atoms with Crippen molar-refractivity contribution in [2.75, 3.05) is 26.2 Å². The van der Waals surface area contributed by atoms with Crippen molar-refractivity contribution in [3.8, 4) is 0 Å². The predicted octanol–water partition coefficient (Wildman–Crippen LogP) is 4.41. The Morgan fingerprint density at radius 1 is 1.00 bits per heavy atom. The van der Waals surface area contributed by atoms with Gasteiger partial charge in [-0.2, -0.15) is 13.2 Å². The molecule has 2 aliphatic rings. The van der Waals surface area contributed by atoms with Crippen LogP contribution in [0.3, 0.4) is 0 Å². The lowest BCUT2D eigenvalue weighted by molar-refractivity contribution is -0.137. The van der Waals surface area contributed by atoms with Gasteiger partial charge in [0.2, 0.25) is 12.3 Å². The normalized spacial score (nSPS) is 17.6. The van der Waals surface area contributed by atoms with E-state index in [2.05, 4.69) is 10.2 Å². The molecule has 0 spiro atoms. The number of halogens is 4. The second-order valence-corrected chi connectivity index (χ2v) is 9.75. The molecule has 4 rings (SSSR count). The fraction of sp³-hybridized carbons (Fsp3) is 0.444. The van der Waals surface area contributed by atoms with Crippen molar-refractivity contribution >= 4 is 29.8 Å². The van der Waals surface area contributed by atoms with Gasteiger partial charge >= 0.3 is 6.18 Å². The van der Waals surface area contributed by atoms with Crippen LogP contribution in [0, 0.1) is 0 Å². The molecule has 1 saturated carbocycles. The second kappa shape index (κ2) is 13.6. The molecule has 1 saturated heterocycles. The van der Waals surface area contributed by atoms with E-state index in [1.54, 1.807) is 29.2 Å². The molecule has 1 aliphatic heterocycles. The molecule has 3 amide bonds. The highest BCUT2D eigenvalue weighted by molar-refractivity contribution is 6.31. The fourth-order valence-electron chi connectivity index (χ4n) is 4.85. The summed E-state index contributed by atoms with van der Waals surface area (Å²) >= 11 is 5.72. The van der Waals surface area contributed by atoms with Crippen LogP contribution in [0.4, 0.5) is 13.2 Å². The third kappa shape index (κ3) is 7.94. The number of nitrogens with two attached hydrogens (primary N) is 1. The maximum absolute atomic E-state index is 12.8. The minimum atomic E-state index is -4.51. The first-order chi connectivity index (χ1) is 18.1. The van der Waals surface area contributed by atoms with E-state index in [1.165, 1.54) is 38.2 Å². The maximum atomic E-state index is 12.8. The Morgan fingerprint density at radius 2 is 1.63 bits per heavy atom. The van der Waals surface area contributed by atoms with Crippen molar-refractivity contribution < 1.29 is 27.6 Å². The molecule has 1 aliphatic carbocycles. The third-order valence-corrected chi connectivity index (χ3v) is 7.18. The molecule has 1 heterocycles. The molecule has 0 bridgehead atoms. The number of nitrogens with zero attached hydrogens (tertiary/aromatic N) is 2. The molecule has 38 heavy (non-hydrogen) atoms. The molecule has 2 aromatic rings. The first kappa shape index (κ1) is 29.4. The standard InChI is InChI=1S/C18H22ClF3N2O.C9H10N2O2/c19-16-12-13(6-7-15(16)18(20,21)22)17(25)24-10-8-23(9-11-24)14-4-2-1-3-5-14;10-9(13)8(11-6-12)7-4-2-1-3-5-7/h6-7,12,14H,1-5,8-11H2;1-6,8H,(H2,10,13)(H,11,12). The van der Waals surface area contributed by atoms with Crippen LogP contribution in [0.2, 0.25) is 5.02 Å². The van der Waals surface area contributed by atoms with Crippen molar-refractivity contribution in [1.82, 2.24) is 15.1 Å². The van der Waals surface area contributed by atoms with Crippen molar-refractivity contribution in [3.63, 3.8) is 0 Å². The Morgan fingerprint density at radius 3 is 2.16 bits per heavy atom. The highest BCUT2D eigenvalue weighted by atomic mass is 35.5. The van der Waals surface area contributed by atoms with Crippen molar-refractivity contribution in [2.45, 2.75) is 50.4 Å². The summed E-state index contributed by atoms with van der Waals surface area (Å²) in [6.07, 6.45) is 2.25. The van der Waals surface area contributed by atoms with Gasteiger partial charge < -0.3 is 16.0 Å². The molecule has 7 nitrogen and oxygen atoms in total. The lowest BCUT2D eigenvalue weighted by Crippen LogP contribution is -2.52. The first-order valence-corrected chi connectivity index (χ1v) is 12.9. The van der Waals surface area contributed by atoms with Gasteiger partial charge in [0.05, 0.1) is 10.6 Å². The molecule has 206 valence electrons.